The largest absolute Gasteiger partial charge is 0.360 e. The molecule has 1 N–H and O–H groups in total. The van der Waals surface area contributed by atoms with Crippen molar-refractivity contribution in [3.63, 3.8) is 0 Å². The number of nitrogens with one attached hydrogen (secondary N) is 1. The van der Waals surface area contributed by atoms with Crippen LogP contribution < -0.4 is 10.2 Å². The van der Waals surface area contributed by atoms with E-state index in [2.05, 4.69) is 25.3 Å². The number of hydrogen-bond acceptors (Lipinski definition) is 7. The summed E-state index contributed by atoms with van der Waals surface area (Å²) >= 11 is 0. The quantitative estimate of drug-likeness (QED) is 0.881. The first kappa shape index (κ1) is 14.3. The Labute approximate surface area is 128 Å². The van der Waals surface area contributed by atoms with Crippen LogP contribution in [0.15, 0.2) is 29.0 Å². The molecule has 3 rings (SSSR count). The standard InChI is InChI=1S/C14H18N6O2/c1-11-9-12(18-22-11)17-10-13(21)19-5-7-20(8-6-19)14-15-3-2-4-16-14/h2-4,9H,5-8,10H2,1H3,(H,17,18). The second kappa shape index (κ2) is 6.42. The number of amides is 1. The number of hydrogen-bond donors (Lipinski definition) is 1. The summed E-state index contributed by atoms with van der Waals surface area (Å²) in [4.78, 5) is 24.6. The van der Waals surface area contributed by atoms with Crippen molar-refractivity contribution in [1.82, 2.24) is 20.0 Å². The molecular formula is C14H18N6O2. The van der Waals surface area contributed by atoms with E-state index in [1.807, 2.05) is 11.8 Å². The molecule has 8 nitrogen and oxygen atoms in total. The third-order valence-corrected chi connectivity index (χ3v) is 3.52. The molecule has 2 aromatic heterocycles. The molecular weight excluding hydrogens is 284 g/mol. The van der Waals surface area contributed by atoms with Crippen molar-refractivity contribution in [2.45, 2.75) is 6.92 Å². The van der Waals surface area contributed by atoms with E-state index in [0.717, 1.165) is 13.1 Å². The van der Waals surface area contributed by atoms with E-state index < -0.39 is 0 Å². The molecule has 1 saturated heterocycles. The summed E-state index contributed by atoms with van der Waals surface area (Å²) in [5, 5.41) is 6.77. The van der Waals surface area contributed by atoms with Gasteiger partial charge in [-0.2, -0.15) is 0 Å². The van der Waals surface area contributed by atoms with Crippen molar-refractivity contribution < 1.29 is 9.32 Å². The van der Waals surface area contributed by atoms with Gasteiger partial charge in [0.1, 0.15) is 5.76 Å². The van der Waals surface area contributed by atoms with E-state index in [9.17, 15) is 4.79 Å². The summed E-state index contributed by atoms with van der Waals surface area (Å²) in [6.45, 7) is 4.82. The predicted molar refractivity (Wildman–Crippen MR) is 80.6 cm³/mol. The number of aromatic nitrogens is 3. The highest BCUT2D eigenvalue weighted by molar-refractivity contribution is 5.80. The van der Waals surface area contributed by atoms with Crippen LogP contribution in [0.5, 0.6) is 0 Å². The minimum Gasteiger partial charge on any atom is -0.360 e. The Bertz CT molecular complexity index is 621. The Morgan fingerprint density at radius 1 is 1.27 bits per heavy atom. The van der Waals surface area contributed by atoms with Crippen molar-refractivity contribution >= 4 is 17.7 Å². The SMILES string of the molecule is Cc1cc(NCC(=O)N2CCN(c3ncccn3)CC2)no1. The van der Waals surface area contributed by atoms with Crippen molar-refractivity contribution in [3.05, 3.63) is 30.3 Å². The molecule has 0 aromatic carbocycles. The van der Waals surface area contributed by atoms with Crippen molar-refractivity contribution in [2.24, 2.45) is 0 Å². The Morgan fingerprint density at radius 2 is 2.00 bits per heavy atom. The monoisotopic (exact) mass is 302 g/mol. The zero-order valence-corrected chi connectivity index (χ0v) is 12.4. The molecule has 1 fully saturated rings. The summed E-state index contributed by atoms with van der Waals surface area (Å²) in [6, 6.07) is 3.55. The van der Waals surface area contributed by atoms with Gasteiger partial charge in [0.15, 0.2) is 5.82 Å². The molecule has 0 atom stereocenters. The third kappa shape index (κ3) is 3.33. The summed E-state index contributed by atoms with van der Waals surface area (Å²) in [5.41, 5.74) is 0. The maximum atomic E-state index is 12.2. The van der Waals surface area contributed by atoms with Crippen LogP contribution in [0.4, 0.5) is 11.8 Å². The minimum atomic E-state index is 0.0503. The first-order valence-corrected chi connectivity index (χ1v) is 7.19. The molecule has 2 aromatic rings. The van der Waals surface area contributed by atoms with Gasteiger partial charge in [0.05, 0.1) is 6.54 Å². The lowest BCUT2D eigenvalue weighted by Crippen LogP contribution is -2.50. The molecule has 3 heterocycles. The number of carbonyl (C=O) groups is 1. The number of rotatable bonds is 4. The van der Waals surface area contributed by atoms with Gasteiger partial charge in [0.2, 0.25) is 11.9 Å². The van der Waals surface area contributed by atoms with E-state index in [-0.39, 0.29) is 12.5 Å². The molecule has 116 valence electrons. The Balaban J connectivity index is 1.47. The van der Waals surface area contributed by atoms with Crippen LogP contribution in [0.1, 0.15) is 5.76 Å². The summed E-state index contributed by atoms with van der Waals surface area (Å²) in [6.07, 6.45) is 3.45. The van der Waals surface area contributed by atoms with Gasteiger partial charge in [0.25, 0.3) is 0 Å². The smallest absolute Gasteiger partial charge is 0.242 e. The van der Waals surface area contributed by atoms with E-state index in [1.54, 1.807) is 24.5 Å². The number of carbonyl (C=O) groups excluding carboxylic acids is 1. The van der Waals surface area contributed by atoms with Crippen LogP contribution in [0.2, 0.25) is 0 Å². The fraction of sp³-hybridized carbons (Fsp3) is 0.429. The number of aryl methyl sites for hydroxylation is 1. The average Bonchev–Trinajstić information content (AvgIpc) is 2.99. The molecule has 22 heavy (non-hydrogen) atoms. The zero-order valence-electron chi connectivity index (χ0n) is 12.4. The molecule has 0 radical (unpaired) electrons. The first-order valence-electron chi connectivity index (χ1n) is 7.19. The van der Waals surface area contributed by atoms with Gasteiger partial charge < -0.3 is 19.6 Å². The van der Waals surface area contributed by atoms with Crippen LogP contribution in [0.25, 0.3) is 0 Å². The van der Waals surface area contributed by atoms with Gasteiger partial charge in [0, 0.05) is 44.6 Å². The third-order valence-electron chi connectivity index (χ3n) is 3.52. The van der Waals surface area contributed by atoms with Gasteiger partial charge in [-0.3, -0.25) is 4.79 Å². The number of nitrogens with zero attached hydrogens (tertiary/aromatic N) is 5. The van der Waals surface area contributed by atoms with Crippen molar-refractivity contribution in [2.75, 3.05) is 42.9 Å². The summed E-state index contributed by atoms with van der Waals surface area (Å²) in [5.74, 6) is 2.06. The molecule has 0 saturated carbocycles. The second-order valence-corrected chi connectivity index (χ2v) is 5.09. The fourth-order valence-electron chi connectivity index (χ4n) is 2.34. The molecule has 8 heteroatoms. The van der Waals surface area contributed by atoms with E-state index in [0.29, 0.717) is 30.6 Å². The van der Waals surface area contributed by atoms with Crippen molar-refractivity contribution in [1.29, 1.82) is 0 Å². The molecule has 1 aliphatic rings. The predicted octanol–water partition coefficient (Wildman–Crippen LogP) is 0.534. The molecule has 1 aliphatic heterocycles. The highest BCUT2D eigenvalue weighted by Crippen LogP contribution is 2.10. The van der Waals surface area contributed by atoms with E-state index in [1.165, 1.54) is 0 Å². The molecule has 0 bridgehead atoms. The van der Waals surface area contributed by atoms with Crippen LogP contribution in [0, 0.1) is 6.92 Å². The number of anilines is 2. The fourth-order valence-corrected chi connectivity index (χ4v) is 2.34. The summed E-state index contributed by atoms with van der Waals surface area (Å²) in [7, 11) is 0. The highest BCUT2D eigenvalue weighted by Gasteiger charge is 2.22. The van der Waals surface area contributed by atoms with E-state index >= 15 is 0 Å². The molecule has 0 spiro atoms. The number of piperazine rings is 1. The maximum absolute atomic E-state index is 12.2. The minimum absolute atomic E-state index is 0.0503. The van der Waals surface area contributed by atoms with Gasteiger partial charge >= 0.3 is 0 Å². The Kier molecular flexibility index (Phi) is 4.17. The van der Waals surface area contributed by atoms with Crippen LogP contribution in [-0.4, -0.2) is 58.7 Å². The first-order chi connectivity index (χ1) is 10.7. The van der Waals surface area contributed by atoms with Crippen LogP contribution >= 0.6 is 0 Å². The maximum Gasteiger partial charge on any atom is 0.242 e. The van der Waals surface area contributed by atoms with Gasteiger partial charge in [-0.25, -0.2) is 9.97 Å². The lowest BCUT2D eigenvalue weighted by atomic mass is 10.3. The highest BCUT2D eigenvalue weighted by atomic mass is 16.5. The molecule has 0 unspecified atom stereocenters. The van der Waals surface area contributed by atoms with Crippen LogP contribution in [0.3, 0.4) is 0 Å². The topological polar surface area (TPSA) is 87.4 Å². The van der Waals surface area contributed by atoms with Gasteiger partial charge in [-0.1, -0.05) is 5.16 Å². The molecule has 0 aliphatic carbocycles. The Morgan fingerprint density at radius 3 is 2.64 bits per heavy atom. The normalized spacial score (nSPS) is 15.0. The average molecular weight is 302 g/mol. The van der Waals surface area contributed by atoms with Gasteiger partial charge in [-0.15, -0.1) is 0 Å². The zero-order chi connectivity index (χ0) is 15.4. The lowest BCUT2D eigenvalue weighted by molar-refractivity contribution is -0.129. The van der Waals surface area contributed by atoms with Crippen LogP contribution in [-0.2, 0) is 4.79 Å². The molecule has 1 amide bonds. The summed E-state index contributed by atoms with van der Waals surface area (Å²) < 4.78 is 4.95. The van der Waals surface area contributed by atoms with Gasteiger partial charge in [-0.05, 0) is 13.0 Å². The van der Waals surface area contributed by atoms with E-state index in [4.69, 9.17) is 4.52 Å². The second-order valence-electron chi connectivity index (χ2n) is 5.09. The Hall–Kier alpha value is -2.64. The lowest BCUT2D eigenvalue weighted by Gasteiger charge is -2.34. The van der Waals surface area contributed by atoms with Crippen molar-refractivity contribution in [3.8, 4) is 0 Å².